The Hall–Kier alpha value is -0.120. The lowest BCUT2D eigenvalue weighted by Crippen LogP contribution is -2.07. The molecule has 0 aliphatic carbocycles. The van der Waals surface area contributed by atoms with Crippen molar-refractivity contribution in [3.05, 3.63) is 0 Å². The summed E-state index contributed by atoms with van der Waals surface area (Å²) < 4.78 is 0. The number of hydrogen-bond donors (Lipinski definition) is 3. The van der Waals surface area contributed by atoms with Crippen LogP contribution < -0.4 is 5.48 Å². The molecule has 0 saturated heterocycles. The molecular formula is C10H23NO2. The van der Waals surface area contributed by atoms with Gasteiger partial charge in [-0.05, 0) is 12.8 Å². The highest BCUT2D eigenvalue weighted by Gasteiger charge is 1.91. The fraction of sp³-hybridized carbons (Fsp3) is 1.00. The Kier molecular flexibility index (Phi) is 11.8. The molecule has 0 aromatic carbocycles. The second kappa shape index (κ2) is 11.9. The largest absolute Gasteiger partial charge is 0.396 e. The van der Waals surface area contributed by atoms with Gasteiger partial charge in [0.25, 0.3) is 0 Å². The number of nitrogens with one attached hydrogen (secondary N) is 1. The first-order chi connectivity index (χ1) is 6.41. The zero-order chi connectivity index (χ0) is 9.78. The molecule has 0 spiro atoms. The van der Waals surface area contributed by atoms with E-state index in [0.717, 1.165) is 19.3 Å². The topological polar surface area (TPSA) is 52.5 Å². The molecule has 0 aliphatic heterocycles. The number of aliphatic hydroxyl groups excluding tert-OH is 1. The number of rotatable bonds is 10. The van der Waals surface area contributed by atoms with Crippen molar-refractivity contribution < 1.29 is 10.3 Å². The minimum absolute atomic E-state index is 0.335. The average Bonchev–Trinajstić information content (AvgIpc) is 2.16. The second-order valence-corrected chi connectivity index (χ2v) is 3.46. The molecule has 0 aromatic rings. The number of unbranched alkanes of at least 4 members (excludes halogenated alkanes) is 7. The maximum atomic E-state index is 8.54. The molecule has 13 heavy (non-hydrogen) atoms. The summed E-state index contributed by atoms with van der Waals surface area (Å²) in [6, 6.07) is 0. The van der Waals surface area contributed by atoms with Gasteiger partial charge in [0, 0.05) is 13.2 Å². The van der Waals surface area contributed by atoms with Crippen molar-refractivity contribution in [3.8, 4) is 0 Å². The first-order valence-electron chi connectivity index (χ1n) is 5.39. The molecule has 80 valence electrons. The summed E-state index contributed by atoms with van der Waals surface area (Å²) in [5.74, 6) is 0. The minimum atomic E-state index is 0.335. The maximum Gasteiger partial charge on any atom is 0.0431 e. The molecule has 0 saturated carbocycles. The summed E-state index contributed by atoms with van der Waals surface area (Å²) in [6.07, 6.45) is 9.47. The summed E-state index contributed by atoms with van der Waals surface area (Å²) >= 11 is 0. The summed E-state index contributed by atoms with van der Waals surface area (Å²) in [6.45, 7) is 1.05. The van der Waals surface area contributed by atoms with Gasteiger partial charge in [-0.25, -0.2) is 5.48 Å². The van der Waals surface area contributed by atoms with Crippen LogP contribution in [0.2, 0.25) is 0 Å². The van der Waals surface area contributed by atoms with E-state index in [1.165, 1.54) is 32.1 Å². The molecule has 3 nitrogen and oxygen atoms in total. The summed E-state index contributed by atoms with van der Waals surface area (Å²) in [5, 5.41) is 16.8. The van der Waals surface area contributed by atoms with Gasteiger partial charge >= 0.3 is 0 Å². The zero-order valence-corrected chi connectivity index (χ0v) is 8.47. The van der Waals surface area contributed by atoms with Crippen molar-refractivity contribution in [2.24, 2.45) is 0 Å². The van der Waals surface area contributed by atoms with Crippen LogP contribution in [0.15, 0.2) is 0 Å². The first kappa shape index (κ1) is 12.9. The normalized spacial score (nSPS) is 10.6. The predicted octanol–water partition coefficient (Wildman–Crippen LogP) is 2.08. The van der Waals surface area contributed by atoms with Crippen molar-refractivity contribution in [1.29, 1.82) is 0 Å². The summed E-state index contributed by atoms with van der Waals surface area (Å²) in [5.41, 5.74) is 2.16. The molecule has 0 aromatic heterocycles. The minimum Gasteiger partial charge on any atom is -0.396 e. The smallest absolute Gasteiger partial charge is 0.0431 e. The Balaban J connectivity index is 2.76. The quantitative estimate of drug-likeness (QED) is 0.364. The zero-order valence-electron chi connectivity index (χ0n) is 8.47. The third-order valence-corrected chi connectivity index (χ3v) is 2.20. The van der Waals surface area contributed by atoms with Crippen LogP contribution in [0.4, 0.5) is 0 Å². The van der Waals surface area contributed by atoms with Gasteiger partial charge in [-0.1, -0.05) is 38.5 Å². The van der Waals surface area contributed by atoms with Gasteiger partial charge < -0.3 is 10.3 Å². The van der Waals surface area contributed by atoms with Crippen molar-refractivity contribution in [2.45, 2.75) is 51.4 Å². The second-order valence-electron chi connectivity index (χ2n) is 3.46. The van der Waals surface area contributed by atoms with E-state index in [0.29, 0.717) is 13.2 Å². The molecule has 3 heteroatoms. The van der Waals surface area contributed by atoms with E-state index < -0.39 is 0 Å². The van der Waals surface area contributed by atoms with E-state index in [-0.39, 0.29) is 0 Å². The van der Waals surface area contributed by atoms with Crippen LogP contribution in [0, 0.1) is 0 Å². The van der Waals surface area contributed by atoms with Crippen molar-refractivity contribution >= 4 is 0 Å². The van der Waals surface area contributed by atoms with Crippen LogP contribution in [-0.4, -0.2) is 23.5 Å². The molecule has 0 heterocycles. The Bertz CT molecular complexity index is 79.0. The van der Waals surface area contributed by atoms with Crippen LogP contribution in [0.1, 0.15) is 51.4 Å². The fourth-order valence-corrected chi connectivity index (χ4v) is 1.38. The van der Waals surface area contributed by atoms with E-state index >= 15 is 0 Å². The highest BCUT2D eigenvalue weighted by molar-refractivity contribution is 4.46. The lowest BCUT2D eigenvalue weighted by atomic mass is 10.1. The maximum absolute atomic E-state index is 8.54. The molecular weight excluding hydrogens is 166 g/mol. The van der Waals surface area contributed by atoms with Crippen LogP contribution in [-0.2, 0) is 0 Å². The number of hydroxylamine groups is 1. The standard InChI is InChI=1S/C10H23NO2/c12-10-8-6-4-2-1-3-5-7-9-11-13/h11-13H,1-10H2. The highest BCUT2D eigenvalue weighted by atomic mass is 16.5. The van der Waals surface area contributed by atoms with Crippen molar-refractivity contribution in [2.75, 3.05) is 13.2 Å². The van der Waals surface area contributed by atoms with Crippen molar-refractivity contribution in [1.82, 2.24) is 5.48 Å². The highest BCUT2D eigenvalue weighted by Crippen LogP contribution is 2.07. The Labute approximate surface area is 81.1 Å². The van der Waals surface area contributed by atoms with E-state index in [1.54, 1.807) is 0 Å². The molecule has 0 atom stereocenters. The number of hydrogen-bond acceptors (Lipinski definition) is 3. The monoisotopic (exact) mass is 189 g/mol. The Morgan fingerprint density at radius 1 is 0.692 bits per heavy atom. The Morgan fingerprint density at radius 2 is 1.15 bits per heavy atom. The van der Waals surface area contributed by atoms with Crippen LogP contribution >= 0.6 is 0 Å². The van der Waals surface area contributed by atoms with Crippen LogP contribution in [0.25, 0.3) is 0 Å². The van der Waals surface area contributed by atoms with Gasteiger partial charge in [0.15, 0.2) is 0 Å². The van der Waals surface area contributed by atoms with Crippen molar-refractivity contribution in [3.63, 3.8) is 0 Å². The fourth-order valence-electron chi connectivity index (χ4n) is 1.38. The summed E-state index contributed by atoms with van der Waals surface area (Å²) in [7, 11) is 0. The van der Waals surface area contributed by atoms with Gasteiger partial charge in [-0.15, -0.1) is 0 Å². The third-order valence-electron chi connectivity index (χ3n) is 2.20. The molecule has 0 bridgehead atoms. The lowest BCUT2D eigenvalue weighted by molar-refractivity contribution is 0.164. The van der Waals surface area contributed by atoms with Gasteiger partial charge in [0.1, 0.15) is 0 Å². The van der Waals surface area contributed by atoms with E-state index in [4.69, 9.17) is 10.3 Å². The molecule has 0 rings (SSSR count). The molecule has 0 aliphatic rings. The van der Waals surface area contributed by atoms with Gasteiger partial charge in [0.05, 0.1) is 0 Å². The summed E-state index contributed by atoms with van der Waals surface area (Å²) in [4.78, 5) is 0. The van der Waals surface area contributed by atoms with E-state index in [1.807, 2.05) is 0 Å². The SMILES string of the molecule is OCCCCCCCCCCNO. The average molecular weight is 189 g/mol. The lowest BCUT2D eigenvalue weighted by Gasteiger charge is -2.00. The molecule has 0 unspecified atom stereocenters. The van der Waals surface area contributed by atoms with Crippen LogP contribution in [0.3, 0.4) is 0 Å². The first-order valence-corrected chi connectivity index (χ1v) is 5.39. The Morgan fingerprint density at radius 3 is 1.62 bits per heavy atom. The van der Waals surface area contributed by atoms with Gasteiger partial charge in [0.2, 0.25) is 0 Å². The molecule has 0 fully saturated rings. The number of aliphatic hydroxyl groups is 1. The van der Waals surface area contributed by atoms with E-state index in [9.17, 15) is 0 Å². The van der Waals surface area contributed by atoms with Gasteiger partial charge in [-0.3, -0.25) is 0 Å². The van der Waals surface area contributed by atoms with Gasteiger partial charge in [-0.2, -0.15) is 0 Å². The molecule has 3 N–H and O–H groups in total. The van der Waals surface area contributed by atoms with E-state index in [2.05, 4.69) is 5.48 Å². The third kappa shape index (κ3) is 11.9. The predicted molar refractivity (Wildman–Crippen MR) is 53.8 cm³/mol. The molecule has 0 amide bonds. The molecule has 0 radical (unpaired) electrons. The van der Waals surface area contributed by atoms with Crippen LogP contribution in [0.5, 0.6) is 0 Å².